The van der Waals surface area contributed by atoms with Gasteiger partial charge in [0.15, 0.2) is 5.16 Å². The lowest BCUT2D eigenvalue weighted by molar-refractivity contribution is 0.909. The molecule has 2 aromatic carbocycles. The first-order chi connectivity index (χ1) is 11.6. The molecule has 7 heteroatoms. The molecular weight excluding hydrogens is 320 g/mol. The Bertz CT molecular complexity index is 835. The molecule has 24 heavy (non-hydrogen) atoms. The first-order valence-electron chi connectivity index (χ1n) is 7.44. The second-order valence-electron chi connectivity index (χ2n) is 5.26. The number of hydrogen-bond donors (Lipinski definition) is 3. The fourth-order valence-electron chi connectivity index (χ4n) is 2.07. The summed E-state index contributed by atoms with van der Waals surface area (Å²) in [5.41, 5.74) is 5.74. The van der Waals surface area contributed by atoms with E-state index in [1.807, 2.05) is 43.3 Å². The van der Waals surface area contributed by atoms with Crippen LogP contribution in [0.15, 0.2) is 58.6 Å². The number of aryl methyl sites for hydroxylation is 2. The predicted molar refractivity (Wildman–Crippen MR) is 97.4 cm³/mol. The van der Waals surface area contributed by atoms with Crippen molar-refractivity contribution in [3.63, 3.8) is 0 Å². The number of hydrogen-bond acceptors (Lipinski definition) is 7. The van der Waals surface area contributed by atoms with Crippen LogP contribution in [0.5, 0.6) is 0 Å². The number of aromatic nitrogens is 3. The molecule has 122 valence electrons. The first kappa shape index (κ1) is 16.2. The number of nitrogens with two attached hydrogens (primary N) is 1. The van der Waals surface area contributed by atoms with Crippen LogP contribution in [0.3, 0.4) is 0 Å². The minimum Gasteiger partial charge on any atom is -0.324 e. The molecule has 0 atom stereocenters. The molecule has 1 aromatic heterocycles. The normalized spacial score (nSPS) is 10.5. The molecule has 0 radical (unpaired) electrons. The van der Waals surface area contributed by atoms with E-state index in [-0.39, 0.29) is 0 Å². The summed E-state index contributed by atoms with van der Waals surface area (Å²) in [7, 11) is 0. The van der Waals surface area contributed by atoms with Crippen molar-refractivity contribution in [3.8, 4) is 0 Å². The molecule has 0 saturated carbocycles. The highest BCUT2D eigenvalue weighted by atomic mass is 32.2. The van der Waals surface area contributed by atoms with Gasteiger partial charge >= 0.3 is 0 Å². The van der Waals surface area contributed by atoms with Crippen molar-refractivity contribution < 1.29 is 0 Å². The minimum absolute atomic E-state index is 0.315. The third-order valence-electron chi connectivity index (χ3n) is 3.37. The lowest BCUT2D eigenvalue weighted by Gasteiger charge is -2.10. The van der Waals surface area contributed by atoms with Gasteiger partial charge in [0.05, 0.1) is 0 Å². The Kier molecular flexibility index (Phi) is 4.93. The van der Waals surface area contributed by atoms with Crippen LogP contribution >= 0.6 is 11.8 Å². The van der Waals surface area contributed by atoms with Gasteiger partial charge in [-0.25, -0.2) is 5.84 Å². The number of hydrazine groups is 1. The van der Waals surface area contributed by atoms with Crippen molar-refractivity contribution in [2.75, 3.05) is 10.7 Å². The highest BCUT2D eigenvalue weighted by molar-refractivity contribution is 7.99. The molecule has 3 aromatic rings. The number of nitrogens with zero attached hydrogens (tertiary/aromatic N) is 3. The van der Waals surface area contributed by atoms with Crippen LogP contribution in [0.1, 0.15) is 11.1 Å². The zero-order valence-electron chi connectivity index (χ0n) is 13.4. The third kappa shape index (κ3) is 4.01. The SMILES string of the molecule is Cc1ccc(Sc2nc(NN)nc(Nc3ccccc3C)n2)cc1. The molecule has 0 unspecified atom stereocenters. The van der Waals surface area contributed by atoms with E-state index in [1.54, 1.807) is 0 Å². The number of rotatable bonds is 5. The molecule has 0 spiro atoms. The van der Waals surface area contributed by atoms with E-state index in [0.717, 1.165) is 16.1 Å². The molecule has 0 aliphatic heterocycles. The van der Waals surface area contributed by atoms with E-state index < -0.39 is 0 Å². The molecule has 6 nitrogen and oxygen atoms in total. The second kappa shape index (κ2) is 7.29. The van der Waals surface area contributed by atoms with Gasteiger partial charge in [0.25, 0.3) is 0 Å². The summed E-state index contributed by atoms with van der Waals surface area (Å²) in [6.45, 7) is 4.08. The number of benzene rings is 2. The Hall–Kier alpha value is -2.64. The van der Waals surface area contributed by atoms with Crippen LogP contribution in [-0.4, -0.2) is 15.0 Å². The molecule has 4 N–H and O–H groups in total. The van der Waals surface area contributed by atoms with Gasteiger partial charge in [0.1, 0.15) is 0 Å². The van der Waals surface area contributed by atoms with E-state index in [9.17, 15) is 0 Å². The second-order valence-corrected chi connectivity index (χ2v) is 6.31. The summed E-state index contributed by atoms with van der Waals surface area (Å²) in [4.78, 5) is 14.1. The average Bonchev–Trinajstić information content (AvgIpc) is 2.59. The number of nitrogens with one attached hydrogen (secondary N) is 2. The molecular formula is C17H18N6S. The quantitative estimate of drug-likeness (QED) is 0.483. The van der Waals surface area contributed by atoms with Crippen molar-refractivity contribution in [1.82, 2.24) is 15.0 Å². The van der Waals surface area contributed by atoms with Gasteiger partial charge < -0.3 is 5.32 Å². The number of nitrogen functional groups attached to an aromatic ring is 1. The molecule has 0 saturated heterocycles. The Morgan fingerprint density at radius 1 is 0.875 bits per heavy atom. The number of anilines is 3. The molecule has 1 heterocycles. The van der Waals surface area contributed by atoms with E-state index in [1.165, 1.54) is 17.3 Å². The van der Waals surface area contributed by atoms with Crippen LogP contribution in [0.25, 0.3) is 0 Å². The zero-order valence-corrected chi connectivity index (χ0v) is 14.3. The van der Waals surface area contributed by atoms with Gasteiger partial charge in [-0.05, 0) is 49.4 Å². The van der Waals surface area contributed by atoms with Crippen molar-refractivity contribution in [3.05, 3.63) is 59.7 Å². The summed E-state index contributed by atoms with van der Waals surface area (Å²) in [6.07, 6.45) is 0. The van der Waals surface area contributed by atoms with Gasteiger partial charge in [-0.1, -0.05) is 35.9 Å². The zero-order chi connectivity index (χ0) is 16.9. The molecule has 0 amide bonds. The lowest BCUT2D eigenvalue weighted by atomic mass is 10.2. The molecule has 0 aliphatic rings. The van der Waals surface area contributed by atoms with E-state index in [0.29, 0.717) is 17.1 Å². The highest BCUT2D eigenvalue weighted by Crippen LogP contribution is 2.27. The van der Waals surface area contributed by atoms with Gasteiger partial charge in [0, 0.05) is 10.6 Å². The van der Waals surface area contributed by atoms with Crippen molar-refractivity contribution in [2.45, 2.75) is 23.9 Å². The van der Waals surface area contributed by atoms with Crippen molar-refractivity contribution in [2.24, 2.45) is 5.84 Å². The molecule has 0 bridgehead atoms. The van der Waals surface area contributed by atoms with Crippen LogP contribution < -0.4 is 16.6 Å². The standard InChI is InChI=1S/C17H18N6S/c1-11-7-9-13(10-8-11)24-17-21-15(20-16(22-17)23-18)19-14-6-4-3-5-12(14)2/h3-10H,18H2,1-2H3,(H2,19,20,21,22,23). The van der Waals surface area contributed by atoms with E-state index >= 15 is 0 Å². The maximum Gasteiger partial charge on any atom is 0.242 e. The Balaban J connectivity index is 1.87. The summed E-state index contributed by atoms with van der Waals surface area (Å²) in [5, 5.41) is 3.78. The fraction of sp³-hybridized carbons (Fsp3) is 0.118. The lowest BCUT2D eigenvalue weighted by Crippen LogP contribution is -2.13. The first-order valence-corrected chi connectivity index (χ1v) is 8.25. The van der Waals surface area contributed by atoms with Crippen LogP contribution in [0.2, 0.25) is 0 Å². The van der Waals surface area contributed by atoms with E-state index in [2.05, 4.69) is 44.8 Å². The monoisotopic (exact) mass is 338 g/mol. The largest absolute Gasteiger partial charge is 0.324 e. The van der Waals surface area contributed by atoms with Gasteiger partial charge in [-0.2, -0.15) is 15.0 Å². The Morgan fingerprint density at radius 2 is 1.58 bits per heavy atom. The van der Waals surface area contributed by atoms with Crippen LogP contribution in [0, 0.1) is 13.8 Å². The maximum absolute atomic E-state index is 5.48. The van der Waals surface area contributed by atoms with Gasteiger partial charge in [-0.15, -0.1) is 0 Å². The van der Waals surface area contributed by atoms with Gasteiger partial charge in [0.2, 0.25) is 11.9 Å². The van der Waals surface area contributed by atoms with E-state index in [4.69, 9.17) is 5.84 Å². The highest BCUT2D eigenvalue weighted by Gasteiger charge is 2.09. The van der Waals surface area contributed by atoms with Crippen molar-refractivity contribution in [1.29, 1.82) is 0 Å². The fourth-order valence-corrected chi connectivity index (χ4v) is 2.82. The summed E-state index contributed by atoms with van der Waals surface area (Å²) in [6, 6.07) is 16.1. The smallest absolute Gasteiger partial charge is 0.242 e. The topological polar surface area (TPSA) is 88.8 Å². The Morgan fingerprint density at radius 3 is 2.29 bits per heavy atom. The van der Waals surface area contributed by atoms with Crippen molar-refractivity contribution >= 4 is 29.3 Å². The molecule has 3 rings (SSSR count). The van der Waals surface area contributed by atoms with Gasteiger partial charge in [-0.3, -0.25) is 5.43 Å². The maximum atomic E-state index is 5.48. The summed E-state index contributed by atoms with van der Waals surface area (Å²) >= 11 is 1.46. The third-order valence-corrected chi connectivity index (χ3v) is 4.24. The number of para-hydroxylation sites is 1. The minimum atomic E-state index is 0.315. The average molecular weight is 338 g/mol. The molecule has 0 fully saturated rings. The summed E-state index contributed by atoms with van der Waals surface area (Å²) in [5.74, 6) is 6.25. The van der Waals surface area contributed by atoms with Crippen LogP contribution in [0.4, 0.5) is 17.6 Å². The summed E-state index contributed by atoms with van der Waals surface area (Å²) < 4.78 is 0. The van der Waals surface area contributed by atoms with Crippen LogP contribution in [-0.2, 0) is 0 Å². The Labute approximate surface area is 144 Å². The molecule has 0 aliphatic carbocycles. The predicted octanol–water partition coefficient (Wildman–Crippen LogP) is 3.67.